The summed E-state index contributed by atoms with van der Waals surface area (Å²) in [7, 11) is 0. The minimum atomic E-state index is -0.266. The minimum Gasteiger partial charge on any atom is -0.389 e. The summed E-state index contributed by atoms with van der Waals surface area (Å²) >= 11 is 0. The van der Waals surface area contributed by atoms with Crippen LogP contribution in [0.2, 0.25) is 0 Å². The first-order valence-electron chi connectivity index (χ1n) is 7.28. The molecule has 0 saturated heterocycles. The molecule has 2 bridgehead atoms. The zero-order valence-electron chi connectivity index (χ0n) is 10.6. The molecule has 0 aromatic rings. The van der Waals surface area contributed by atoms with Crippen LogP contribution in [0.3, 0.4) is 0 Å². The molecule has 1 N–H and O–H groups in total. The number of hydrogen-bond acceptors (Lipinski definition) is 1. The lowest BCUT2D eigenvalue weighted by Gasteiger charge is -2.48. The van der Waals surface area contributed by atoms with Crippen molar-refractivity contribution >= 4 is 0 Å². The number of rotatable bonds is 1. The Morgan fingerprint density at radius 1 is 1.06 bits per heavy atom. The predicted octanol–water partition coefficient (Wildman–Crippen LogP) is 3.22. The molecule has 6 atom stereocenters. The van der Waals surface area contributed by atoms with Crippen molar-refractivity contribution in [1.29, 1.82) is 0 Å². The van der Waals surface area contributed by atoms with E-state index in [0.29, 0.717) is 5.92 Å². The zero-order valence-corrected chi connectivity index (χ0v) is 10.6. The fourth-order valence-electron chi connectivity index (χ4n) is 6.21. The van der Waals surface area contributed by atoms with Gasteiger partial charge >= 0.3 is 0 Å². The van der Waals surface area contributed by atoms with Gasteiger partial charge in [0.2, 0.25) is 0 Å². The van der Waals surface area contributed by atoms with Crippen LogP contribution in [0.1, 0.15) is 52.4 Å². The Morgan fingerprint density at radius 2 is 1.81 bits per heavy atom. The van der Waals surface area contributed by atoms with Crippen molar-refractivity contribution in [1.82, 2.24) is 0 Å². The zero-order chi connectivity index (χ0) is 11.1. The SMILES string of the molecule is CC1CCC2C3CC(C)(C12)C(O)(C1CC1)C3. The largest absolute Gasteiger partial charge is 0.389 e. The summed E-state index contributed by atoms with van der Waals surface area (Å²) < 4.78 is 0. The predicted molar refractivity (Wildman–Crippen MR) is 63.9 cm³/mol. The molecule has 0 aromatic carbocycles. The van der Waals surface area contributed by atoms with Gasteiger partial charge in [0.05, 0.1) is 5.60 Å². The fourth-order valence-corrected chi connectivity index (χ4v) is 6.21. The van der Waals surface area contributed by atoms with Gasteiger partial charge in [-0.1, -0.05) is 20.3 Å². The molecule has 4 fully saturated rings. The molecule has 4 rings (SSSR count). The molecule has 16 heavy (non-hydrogen) atoms. The molecule has 1 heteroatoms. The molecule has 1 nitrogen and oxygen atoms in total. The van der Waals surface area contributed by atoms with Crippen LogP contribution in [0.15, 0.2) is 0 Å². The molecule has 4 aliphatic carbocycles. The Balaban J connectivity index is 1.77. The molecule has 4 aliphatic rings. The maximum atomic E-state index is 11.1. The summed E-state index contributed by atoms with van der Waals surface area (Å²) in [5.41, 5.74) is 0.0108. The van der Waals surface area contributed by atoms with E-state index in [2.05, 4.69) is 13.8 Å². The summed E-state index contributed by atoms with van der Waals surface area (Å²) in [4.78, 5) is 0. The average molecular weight is 220 g/mol. The quantitative estimate of drug-likeness (QED) is 0.719. The van der Waals surface area contributed by atoms with Crippen molar-refractivity contribution in [2.75, 3.05) is 0 Å². The second-order valence-corrected chi connectivity index (χ2v) is 7.53. The molecular formula is C15H24O. The third-order valence-electron chi connectivity index (χ3n) is 6.87. The van der Waals surface area contributed by atoms with E-state index in [4.69, 9.17) is 0 Å². The van der Waals surface area contributed by atoms with Crippen LogP contribution in [-0.4, -0.2) is 10.7 Å². The smallest absolute Gasteiger partial charge is 0.0734 e. The van der Waals surface area contributed by atoms with Crippen molar-refractivity contribution in [3.05, 3.63) is 0 Å². The third kappa shape index (κ3) is 0.903. The highest BCUT2D eigenvalue weighted by atomic mass is 16.3. The van der Waals surface area contributed by atoms with Crippen LogP contribution in [0.4, 0.5) is 0 Å². The molecule has 0 heterocycles. The Morgan fingerprint density at radius 3 is 2.50 bits per heavy atom. The second-order valence-electron chi connectivity index (χ2n) is 7.53. The van der Waals surface area contributed by atoms with E-state index in [9.17, 15) is 5.11 Å². The molecule has 0 spiro atoms. The Kier molecular flexibility index (Phi) is 1.67. The van der Waals surface area contributed by atoms with Crippen LogP contribution in [0, 0.1) is 35.0 Å². The van der Waals surface area contributed by atoms with Crippen molar-refractivity contribution in [3.63, 3.8) is 0 Å². The molecule has 0 aliphatic heterocycles. The molecule has 0 radical (unpaired) electrons. The van der Waals surface area contributed by atoms with Gasteiger partial charge in [-0.25, -0.2) is 0 Å². The van der Waals surface area contributed by atoms with Crippen molar-refractivity contribution < 1.29 is 5.11 Å². The standard InChI is InChI=1S/C15H24O/c1-9-3-6-12-10-7-14(2,13(9)12)15(16,8-10)11-4-5-11/h9-13,16H,3-8H2,1-2H3. The first-order chi connectivity index (χ1) is 7.56. The molecule has 90 valence electrons. The van der Waals surface area contributed by atoms with E-state index >= 15 is 0 Å². The van der Waals surface area contributed by atoms with Gasteiger partial charge in [-0.15, -0.1) is 0 Å². The summed E-state index contributed by atoms with van der Waals surface area (Å²) in [6.07, 6.45) is 7.94. The second kappa shape index (κ2) is 2.68. The highest BCUT2D eigenvalue weighted by molar-refractivity contribution is 5.21. The summed E-state index contributed by atoms with van der Waals surface area (Å²) in [5, 5.41) is 11.1. The van der Waals surface area contributed by atoms with Crippen LogP contribution >= 0.6 is 0 Å². The Bertz CT molecular complexity index is 334. The Labute approximate surface area is 98.6 Å². The van der Waals surface area contributed by atoms with Gasteiger partial charge < -0.3 is 5.11 Å². The number of fused-ring (bicyclic) bond motifs is 5. The van der Waals surface area contributed by atoms with Gasteiger partial charge in [-0.05, 0) is 61.7 Å². The van der Waals surface area contributed by atoms with Gasteiger partial charge in [0, 0.05) is 5.41 Å². The maximum absolute atomic E-state index is 11.1. The molecule has 4 saturated carbocycles. The van der Waals surface area contributed by atoms with Crippen LogP contribution in [0.5, 0.6) is 0 Å². The minimum absolute atomic E-state index is 0.266. The lowest BCUT2D eigenvalue weighted by Crippen LogP contribution is -2.51. The lowest BCUT2D eigenvalue weighted by molar-refractivity contribution is -0.124. The maximum Gasteiger partial charge on any atom is 0.0734 e. The van der Waals surface area contributed by atoms with Crippen molar-refractivity contribution in [3.8, 4) is 0 Å². The van der Waals surface area contributed by atoms with E-state index in [0.717, 1.165) is 30.1 Å². The van der Waals surface area contributed by atoms with E-state index in [1.807, 2.05) is 0 Å². The van der Waals surface area contributed by atoms with Gasteiger partial charge in [0.15, 0.2) is 0 Å². The van der Waals surface area contributed by atoms with Gasteiger partial charge in [-0.2, -0.15) is 0 Å². The Hall–Kier alpha value is -0.0400. The van der Waals surface area contributed by atoms with Crippen LogP contribution < -0.4 is 0 Å². The number of aliphatic hydroxyl groups is 1. The summed E-state index contributed by atoms with van der Waals surface area (Å²) in [6, 6.07) is 0. The summed E-state index contributed by atoms with van der Waals surface area (Å²) in [6.45, 7) is 4.86. The van der Waals surface area contributed by atoms with E-state index < -0.39 is 0 Å². The molecule has 6 unspecified atom stereocenters. The molecule has 0 aromatic heterocycles. The lowest BCUT2D eigenvalue weighted by atomic mass is 9.60. The van der Waals surface area contributed by atoms with E-state index in [1.54, 1.807) is 0 Å². The highest BCUT2D eigenvalue weighted by Gasteiger charge is 2.71. The van der Waals surface area contributed by atoms with Gasteiger partial charge in [0.25, 0.3) is 0 Å². The first kappa shape index (κ1) is 9.94. The fraction of sp³-hybridized carbons (Fsp3) is 1.00. The van der Waals surface area contributed by atoms with E-state index in [1.165, 1.54) is 32.1 Å². The van der Waals surface area contributed by atoms with Crippen molar-refractivity contribution in [2.45, 2.75) is 58.0 Å². The third-order valence-corrected chi connectivity index (χ3v) is 6.87. The van der Waals surface area contributed by atoms with Gasteiger partial charge in [0.1, 0.15) is 0 Å². The first-order valence-corrected chi connectivity index (χ1v) is 7.28. The summed E-state index contributed by atoms with van der Waals surface area (Å²) in [5.74, 6) is 4.21. The number of hydrogen-bond donors (Lipinski definition) is 1. The molecule has 0 amide bonds. The monoisotopic (exact) mass is 220 g/mol. The van der Waals surface area contributed by atoms with Gasteiger partial charge in [-0.3, -0.25) is 0 Å². The molecular weight excluding hydrogens is 196 g/mol. The van der Waals surface area contributed by atoms with E-state index in [-0.39, 0.29) is 11.0 Å². The van der Waals surface area contributed by atoms with Crippen molar-refractivity contribution in [2.24, 2.45) is 35.0 Å². The highest BCUT2D eigenvalue weighted by Crippen LogP contribution is 2.73. The van der Waals surface area contributed by atoms with Crippen LogP contribution in [0.25, 0.3) is 0 Å². The van der Waals surface area contributed by atoms with Crippen LogP contribution in [-0.2, 0) is 0 Å². The normalized spacial score (nSPS) is 63.9. The average Bonchev–Trinajstić information content (AvgIpc) is 2.88. The topological polar surface area (TPSA) is 20.2 Å².